The largest absolute Gasteiger partial charge is 0.403 e. The number of benzene rings is 1. The molecule has 0 atom stereocenters. The summed E-state index contributed by atoms with van der Waals surface area (Å²) in [4.78, 5) is 22.4. The molecule has 0 radical (unpaired) electrons. The molecule has 0 aliphatic carbocycles. The number of aromatic nitrogens is 1. The van der Waals surface area contributed by atoms with Crippen molar-refractivity contribution in [2.75, 3.05) is 13.6 Å². The maximum atomic E-state index is 11.2. The van der Waals surface area contributed by atoms with Crippen LogP contribution in [0.5, 0.6) is 0 Å². The fourth-order valence-corrected chi connectivity index (χ4v) is 2.44. The van der Waals surface area contributed by atoms with E-state index < -0.39 is 7.75 Å². The molecule has 0 bridgehead atoms. The lowest BCUT2D eigenvalue weighted by atomic mass is 9.99. The summed E-state index contributed by atoms with van der Waals surface area (Å²) in [5.74, 6) is 0. The highest BCUT2D eigenvalue weighted by atomic mass is 79.9. The van der Waals surface area contributed by atoms with Crippen LogP contribution in [0.2, 0.25) is 0 Å². The van der Waals surface area contributed by atoms with Crippen LogP contribution in [0.25, 0.3) is 5.57 Å². The molecule has 2 rings (SSSR count). The maximum Gasteiger partial charge on any atom is 0.403 e. The lowest BCUT2D eigenvalue weighted by Crippen LogP contribution is -2.14. The highest BCUT2D eigenvalue weighted by Crippen LogP contribution is 2.38. The van der Waals surface area contributed by atoms with Crippen molar-refractivity contribution in [3.05, 3.63) is 70.5 Å². The van der Waals surface area contributed by atoms with Gasteiger partial charge in [0.05, 0.1) is 0 Å². The molecule has 0 saturated heterocycles. The van der Waals surface area contributed by atoms with Crippen LogP contribution in [-0.4, -0.2) is 33.0 Å². The Bertz CT molecular complexity index is 698. The van der Waals surface area contributed by atoms with Gasteiger partial charge in [0.15, 0.2) is 0 Å². The van der Waals surface area contributed by atoms with Gasteiger partial charge in [-0.15, -0.1) is 0 Å². The van der Waals surface area contributed by atoms with Gasteiger partial charge in [-0.2, -0.15) is 0 Å². The molecule has 1 aromatic carbocycles. The molecule has 0 amide bonds. The maximum absolute atomic E-state index is 11.2. The quantitative estimate of drug-likeness (QED) is 0.776. The van der Waals surface area contributed by atoms with Crippen molar-refractivity contribution in [1.82, 2.24) is 9.65 Å². The van der Waals surface area contributed by atoms with Crippen molar-refractivity contribution < 1.29 is 14.4 Å². The van der Waals surface area contributed by atoms with Gasteiger partial charge in [0, 0.05) is 29.0 Å². The molecule has 0 fully saturated rings. The highest BCUT2D eigenvalue weighted by Gasteiger charge is 2.19. The van der Waals surface area contributed by atoms with Crippen LogP contribution in [0.3, 0.4) is 0 Å². The van der Waals surface area contributed by atoms with E-state index in [9.17, 15) is 4.57 Å². The lowest BCUT2D eigenvalue weighted by Gasteiger charge is -2.17. The zero-order valence-electron chi connectivity index (χ0n) is 11.9. The van der Waals surface area contributed by atoms with Gasteiger partial charge in [-0.1, -0.05) is 40.2 Å². The third-order valence-corrected chi connectivity index (χ3v) is 4.71. The summed E-state index contributed by atoms with van der Waals surface area (Å²) in [5, 5.41) is 0. The zero-order chi connectivity index (χ0) is 16.2. The normalized spacial score (nSPS) is 12.7. The molecule has 0 aliphatic rings. The van der Waals surface area contributed by atoms with Gasteiger partial charge in [-0.05, 0) is 36.4 Å². The molecule has 2 aromatic rings. The summed E-state index contributed by atoms with van der Waals surface area (Å²) in [6.07, 6.45) is 5.20. The number of halogens is 1. The van der Waals surface area contributed by atoms with E-state index in [1.54, 1.807) is 18.5 Å². The fourth-order valence-electron chi connectivity index (χ4n) is 1.88. The van der Waals surface area contributed by atoms with Crippen molar-refractivity contribution >= 4 is 29.2 Å². The van der Waals surface area contributed by atoms with Crippen LogP contribution in [-0.2, 0) is 4.57 Å². The molecule has 5 nitrogen and oxygen atoms in total. The second-order valence-corrected chi connectivity index (χ2v) is 7.34. The molecule has 0 saturated carbocycles. The van der Waals surface area contributed by atoms with Crippen LogP contribution in [0.4, 0.5) is 0 Å². The van der Waals surface area contributed by atoms with E-state index in [0.29, 0.717) is 0 Å². The Kier molecular flexibility index (Phi) is 5.67. The average Bonchev–Trinajstić information content (AvgIpc) is 2.49. The molecule has 1 heterocycles. The summed E-state index contributed by atoms with van der Waals surface area (Å²) >= 11 is 3.40. The smallest absolute Gasteiger partial charge is 0.312 e. The van der Waals surface area contributed by atoms with Gasteiger partial charge in [0.2, 0.25) is 0 Å². The Balaban J connectivity index is 2.38. The number of rotatable bonds is 5. The summed E-state index contributed by atoms with van der Waals surface area (Å²) in [6, 6.07) is 11.5. The third-order valence-electron chi connectivity index (χ3n) is 3.13. The minimum Gasteiger partial charge on any atom is -0.312 e. The van der Waals surface area contributed by atoms with Gasteiger partial charge in [0.1, 0.15) is 0 Å². The van der Waals surface area contributed by atoms with Crippen LogP contribution < -0.4 is 0 Å². The van der Waals surface area contributed by atoms with E-state index in [4.69, 9.17) is 9.79 Å². The molecule has 0 spiro atoms. The number of hydrogen-bond donors (Lipinski definition) is 2. The van der Waals surface area contributed by atoms with Crippen molar-refractivity contribution in [2.24, 2.45) is 0 Å². The monoisotopic (exact) mass is 382 g/mol. The number of nitrogens with zero attached hydrogens (tertiary/aromatic N) is 2. The van der Waals surface area contributed by atoms with Crippen LogP contribution in [0.1, 0.15) is 11.1 Å². The van der Waals surface area contributed by atoms with Crippen LogP contribution in [0, 0.1) is 0 Å². The van der Waals surface area contributed by atoms with Gasteiger partial charge in [-0.25, -0.2) is 9.24 Å². The van der Waals surface area contributed by atoms with E-state index in [1.807, 2.05) is 36.4 Å². The molecular formula is C15H16BrN2O3P. The Morgan fingerprint density at radius 2 is 1.95 bits per heavy atom. The fraction of sp³-hybridized carbons (Fsp3) is 0.133. The van der Waals surface area contributed by atoms with Gasteiger partial charge >= 0.3 is 7.75 Å². The molecule has 2 N–H and O–H groups in total. The van der Waals surface area contributed by atoms with Gasteiger partial charge in [-0.3, -0.25) is 4.98 Å². The standard InChI is InChI=1S/C15H16BrN2O3P/c1-18(22(19,20)21)10-8-15(13-3-2-9-17-11-13)12-4-6-14(16)7-5-12/h2-9,11H,10H2,1H3,(H2,19,20,21)/b15-8+. The predicted octanol–water partition coefficient (Wildman–Crippen LogP) is 3.30. The molecule has 1 aromatic heterocycles. The molecular weight excluding hydrogens is 367 g/mol. The van der Waals surface area contributed by atoms with E-state index >= 15 is 0 Å². The second kappa shape index (κ2) is 7.31. The van der Waals surface area contributed by atoms with E-state index in [2.05, 4.69) is 20.9 Å². The third kappa shape index (κ3) is 4.60. The Hall–Kier alpha value is -1.30. The minimum absolute atomic E-state index is 0.130. The molecule has 0 unspecified atom stereocenters. The van der Waals surface area contributed by atoms with Crippen molar-refractivity contribution in [3.63, 3.8) is 0 Å². The Morgan fingerprint density at radius 3 is 2.50 bits per heavy atom. The second-order valence-electron chi connectivity index (χ2n) is 4.72. The van der Waals surface area contributed by atoms with E-state index in [1.165, 1.54) is 7.05 Å². The molecule has 116 valence electrons. The summed E-state index contributed by atoms with van der Waals surface area (Å²) < 4.78 is 13.2. The number of likely N-dealkylation sites (N-methyl/N-ethyl adjacent to an activating group) is 1. The van der Waals surface area contributed by atoms with Crippen molar-refractivity contribution in [2.45, 2.75) is 0 Å². The first-order valence-corrected chi connectivity index (χ1v) is 8.87. The zero-order valence-corrected chi connectivity index (χ0v) is 14.4. The first kappa shape index (κ1) is 17.1. The van der Waals surface area contributed by atoms with E-state index in [0.717, 1.165) is 25.8 Å². The van der Waals surface area contributed by atoms with Crippen molar-refractivity contribution in [1.29, 1.82) is 0 Å². The lowest BCUT2D eigenvalue weighted by molar-refractivity contribution is 0.302. The Labute approximate surface area is 137 Å². The first-order chi connectivity index (χ1) is 10.4. The molecule has 22 heavy (non-hydrogen) atoms. The summed E-state index contributed by atoms with van der Waals surface area (Å²) in [6.45, 7) is 0.130. The van der Waals surface area contributed by atoms with Gasteiger partial charge in [0.25, 0.3) is 0 Å². The predicted molar refractivity (Wildman–Crippen MR) is 90.1 cm³/mol. The first-order valence-electron chi connectivity index (χ1n) is 6.51. The van der Waals surface area contributed by atoms with Crippen molar-refractivity contribution in [3.8, 4) is 0 Å². The van der Waals surface area contributed by atoms with Crippen LogP contribution in [0.15, 0.2) is 59.3 Å². The molecule has 7 heteroatoms. The summed E-state index contributed by atoms with van der Waals surface area (Å²) in [7, 11) is -2.85. The van der Waals surface area contributed by atoms with E-state index in [-0.39, 0.29) is 6.54 Å². The van der Waals surface area contributed by atoms with Crippen LogP contribution >= 0.6 is 23.7 Å². The summed E-state index contributed by atoms with van der Waals surface area (Å²) in [5.41, 5.74) is 2.72. The number of pyridine rings is 1. The highest BCUT2D eigenvalue weighted by molar-refractivity contribution is 9.10. The molecule has 0 aliphatic heterocycles. The van der Waals surface area contributed by atoms with Gasteiger partial charge < -0.3 is 9.79 Å². The average molecular weight is 383 g/mol. The SMILES string of the molecule is CN(C/C=C(\c1ccc(Br)cc1)c1cccnc1)P(=O)(O)O. The minimum atomic E-state index is -4.24. The Morgan fingerprint density at radius 1 is 1.27 bits per heavy atom. The number of hydrogen-bond acceptors (Lipinski definition) is 2. The topological polar surface area (TPSA) is 73.7 Å².